The fourth-order valence-corrected chi connectivity index (χ4v) is 3.52. The molecule has 0 radical (unpaired) electrons. The number of anilines is 2. The molecule has 0 aromatic heterocycles. The molecule has 0 atom stereocenters. The van der Waals surface area contributed by atoms with Crippen LogP contribution in [0.25, 0.3) is 0 Å². The van der Waals surface area contributed by atoms with Crippen molar-refractivity contribution >= 4 is 23.3 Å². The predicted octanol–water partition coefficient (Wildman–Crippen LogP) is 2.42. The van der Waals surface area contributed by atoms with Gasteiger partial charge in [0.1, 0.15) is 0 Å². The van der Waals surface area contributed by atoms with Crippen molar-refractivity contribution in [3.05, 3.63) is 23.8 Å². The van der Waals surface area contributed by atoms with Gasteiger partial charge in [-0.3, -0.25) is 4.79 Å². The van der Waals surface area contributed by atoms with Crippen LogP contribution in [0.5, 0.6) is 0 Å². The van der Waals surface area contributed by atoms with Crippen molar-refractivity contribution in [2.24, 2.45) is 5.41 Å². The van der Waals surface area contributed by atoms with Gasteiger partial charge in [-0.15, -0.1) is 0 Å². The maximum Gasteiger partial charge on any atom is 0.337 e. The number of esters is 1. The molecule has 2 aliphatic rings. The van der Waals surface area contributed by atoms with Crippen molar-refractivity contribution in [2.75, 3.05) is 30.9 Å². The van der Waals surface area contributed by atoms with Crippen LogP contribution in [0.2, 0.25) is 0 Å². The molecule has 1 aliphatic carbocycles. The van der Waals surface area contributed by atoms with E-state index in [1.807, 2.05) is 13.1 Å². The van der Waals surface area contributed by atoms with Crippen LogP contribution in [-0.2, 0) is 9.53 Å². The Hall–Kier alpha value is -2.04. The molecule has 21 heavy (non-hydrogen) atoms. The number of carbonyl (C=O) groups is 2. The SMILES string of the molecule is COC(=O)c1ccc2c(c1)NC(=O)C1(CCCC1)CN2C. The third-order valence-electron chi connectivity index (χ3n) is 4.66. The van der Waals surface area contributed by atoms with Gasteiger partial charge < -0.3 is 15.0 Å². The Morgan fingerprint density at radius 1 is 1.33 bits per heavy atom. The van der Waals surface area contributed by atoms with E-state index < -0.39 is 5.97 Å². The molecule has 1 N–H and O–H groups in total. The number of methoxy groups -OCH3 is 1. The first-order chi connectivity index (χ1) is 10.1. The van der Waals surface area contributed by atoms with E-state index in [4.69, 9.17) is 4.74 Å². The molecule has 1 saturated carbocycles. The van der Waals surface area contributed by atoms with Crippen molar-refractivity contribution in [3.8, 4) is 0 Å². The van der Waals surface area contributed by atoms with Gasteiger partial charge in [0.15, 0.2) is 0 Å². The van der Waals surface area contributed by atoms with E-state index in [2.05, 4.69) is 10.2 Å². The summed E-state index contributed by atoms with van der Waals surface area (Å²) in [6.07, 6.45) is 4.07. The Morgan fingerprint density at radius 2 is 2.05 bits per heavy atom. The summed E-state index contributed by atoms with van der Waals surface area (Å²) < 4.78 is 4.74. The monoisotopic (exact) mass is 288 g/mol. The van der Waals surface area contributed by atoms with E-state index in [0.717, 1.165) is 37.9 Å². The number of hydrogen-bond donors (Lipinski definition) is 1. The second kappa shape index (κ2) is 5.06. The Morgan fingerprint density at radius 3 is 2.71 bits per heavy atom. The summed E-state index contributed by atoms with van der Waals surface area (Å²) in [6, 6.07) is 5.30. The van der Waals surface area contributed by atoms with Gasteiger partial charge >= 0.3 is 5.97 Å². The molecule has 1 aromatic rings. The van der Waals surface area contributed by atoms with Crippen LogP contribution in [0, 0.1) is 5.41 Å². The Labute approximate surface area is 124 Å². The third-order valence-corrected chi connectivity index (χ3v) is 4.66. The lowest BCUT2D eigenvalue weighted by atomic mass is 9.85. The zero-order valence-corrected chi connectivity index (χ0v) is 12.4. The first-order valence-corrected chi connectivity index (χ1v) is 7.31. The van der Waals surface area contributed by atoms with Gasteiger partial charge in [0.05, 0.1) is 29.5 Å². The molecule has 0 saturated heterocycles. The molecule has 5 heteroatoms. The highest BCUT2D eigenvalue weighted by molar-refractivity contribution is 6.02. The maximum absolute atomic E-state index is 12.6. The highest BCUT2D eigenvalue weighted by atomic mass is 16.5. The number of amides is 1. The van der Waals surface area contributed by atoms with E-state index in [1.54, 1.807) is 12.1 Å². The zero-order chi connectivity index (χ0) is 15.0. The summed E-state index contributed by atoms with van der Waals surface area (Å²) in [7, 11) is 3.35. The Kier molecular flexibility index (Phi) is 3.35. The van der Waals surface area contributed by atoms with Gasteiger partial charge in [0.2, 0.25) is 5.91 Å². The first kappa shape index (κ1) is 13.9. The molecule has 5 nitrogen and oxygen atoms in total. The fourth-order valence-electron chi connectivity index (χ4n) is 3.52. The molecular weight excluding hydrogens is 268 g/mol. The van der Waals surface area contributed by atoms with Gasteiger partial charge in [-0.05, 0) is 31.0 Å². The largest absolute Gasteiger partial charge is 0.465 e. The lowest BCUT2D eigenvalue weighted by Crippen LogP contribution is -2.40. The molecule has 3 rings (SSSR count). The lowest BCUT2D eigenvalue weighted by molar-refractivity contribution is -0.124. The molecule has 0 unspecified atom stereocenters. The molecule has 1 aromatic carbocycles. The van der Waals surface area contributed by atoms with Gasteiger partial charge in [0, 0.05) is 13.6 Å². The summed E-state index contributed by atoms with van der Waals surface area (Å²) in [6.45, 7) is 0.726. The topological polar surface area (TPSA) is 58.6 Å². The van der Waals surface area contributed by atoms with Crippen molar-refractivity contribution < 1.29 is 14.3 Å². The van der Waals surface area contributed by atoms with E-state index in [0.29, 0.717) is 11.3 Å². The fraction of sp³-hybridized carbons (Fsp3) is 0.500. The molecule has 1 fully saturated rings. The van der Waals surface area contributed by atoms with Crippen LogP contribution >= 0.6 is 0 Å². The normalized spacial score (nSPS) is 19.9. The minimum atomic E-state index is -0.394. The van der Waals surface area contributed by atoms with Gasteiger partial charge in [-0.25, -0.2) is 4.79 Å². The van der Waals surface area contributed by atoms with Crippen molar-refractivity contribution in [1.29, 1.82) is 0 Å². The minimum absolute atomic E-state index is 0.0765. The molecular formula is C16H20N2O3. The predicted molar refractivity (Wildman–Crippen MR) is 80.6 cm³/mol. The van der Waals surface area contributed by atoms with Crippen molar-refractivity contribution in [3.63, 3.8) is 0 Å². The molecule has 1 heterocycles. The van der Waals surface area contributed by atoms with Gasteiger partial charge in [0.25, 0.3) is 0 Å². The number of hydrogen-bond acceptors (Lipinski definition) is 4. The van der Waals surface area contributed by atoms with Crippen LogP contribution in [0.15, 0.2) is 18.2 Å². The highest BCUT2D eigenvalue weighted by Gasteiger charge is 2.44. The van der Waals surface area contributed by atoms with E-state index in [9.17, 15) is 9.59 Å². The highest BCUT2D eigenvalue weighted by Crippen LogP contribution is 2.43. The van der Waals surface area contributed by atoms with Crippen LogP contribution < -0.4 is 10.2 Å². The lowest BCUT2D eigenvalue weighted by Gasteiger charge is -2.29. The van der Waals surface area contributed by atoms with Gasteiger partial charge in [-0.1, -0.05) is 12.8 Å². The Bertz CT molecular complexity index is 591. The average molecular weight is 288 g/mol. The summed E-state index contributed by atoms with van der Waals surface area (Å²) >= 11 is 0. The summed E-state index contributed by atoms with van der Waals surface area (Å²) in [5.41, 5.74) is 1.79. The maximum atomic E-state index is 12.6. The third kappa shape index (κ3) is 2.26. The number of ether oxygens (including phenoxy) is 1. The summed E-state index contributed by atoms with van der Waals surface area (Å²) in [4.78, 5) is 26.4. The molecule has 112 valence electrons. The first-order valence-electron chi connectivity index (χ1n) is 7.31. The molecule has 1 spiro atoms. The molecule has 1 amide bonds. The summed E-state index contributed by atoms with van der Waals surface area (Å²) in [5.74, 6) is -0.317. The number of fused-ring (bicyclic) bond motifs is 1. The minimum Gasteiger partial charge on any atom is -0.465 e. The van der Waals surface area contributed by atoms with Crippen LogP contribution in [0.1, 0.15) is 36.0 Å². The average Bonchev–Trinajstić information content (AvgIpc) is 2.92. The van der Waals surface area contributed by atoms with E-state index in [-0.39, 0.29) is 11.3 Å². The van der Waals surface area contributed by atoms with Crippen LogP contribution in [-0.4, -0.2) is 32.6 Å². The quantitative estimate of drug-likeness (QED) is 0.806. The number of nitrogens with one attached hydrogen (secondary N) is 1. The molecule has 0 bridgehead atoms. The second-order valence-electron chi connectivity index (χ2n) is 6.02. The van der Waals surface area contributed by atoms with E-state index >= 15 is 0 Å². The number of nitrogens with zero attached hydrogens (tertiary/aromatic N) is 1. The summed E-state index contributed by atoms with van der Waals surface area (Å²) in [5, 5.41) is 3.02. The number of benzene rings is 1. The van der Waals surface area contributed by atoms with Crippen molar-refractivity contribution in [1.82, 2.24) is 0 Å². The van der Waals surface area contributed by atoms with Crippen LogP contribution in [0.4, 0.5) is 11.4 Å². The molecule has 1 aliphatic heterocycles. The Balaban J connectivity index is 1.99. The smallest absolute Gasteiger partial charge is 0.337 e. The van der Waals surface area contributed by atoms with E-state index in [1.165, 1.54) is 7.11 Å². The van der Waals surface area contributed by atoms with Gasteiger partial charge in [-0.2, -0.15) is 0 Å². The number of carbonyl (C=O) groups excluding carboxylic acids is 2. The van der Waals surface area contributed by atoms with Crippen molar-refractivity contribution in [2.45, 2.75) is 25.7 Å². The second-order valence-corrected chi connectivity index (χ2v) is 6.02. The zero-order valence-electron chi connectivity index (χ0n) is 12.4. The standard InChI is InChI=1S/C16H20N2O3/c1-18-10-16(7-3-4-8-16)15(20)17-12-9-11(14(19)21-2)5-6-13(12)18/h5-6,9H,3-4,7-8,10H2,1-2H3,(H,17,20). The van der Waals surface area contributed by atoms with Crippen LogP contribution in [0.3, 0.4) is 0 Å². The number of rotatable bonds is 1.